The van der Waals surface area contributed by atoms with Crippen LogP contribution in [-0.4, -0.2) is 35.8 Å². The summed E-state index contributed by atoms with van der Waals surface area (Å²) in [5.74, 6) is 1.28. The van der Waals surface area contributed by atoms with Crippen LogP contribution in [0.25, 0.3) is 11.4 Å². The van der Waals surface area contributed by atoms with Gasteiger partial charge in [0.25, 0.3) is 0 Å². The van der Waals surface area contributed by atoms with Crippen LogP contribution >= 0.6 is 0 Å². The van der Waals surface area contributed by atoms with Crippen LogP contribution in [0.15, 0.2) is 53.1 Å². The molecule has 0 fully saturated rings. The zero-order chi connectivity index (χ0) is 19.2. The van der Waals surface area contributed by atoms with Crippen molar-refractivity contribution in [3.8, 4) is 22.9 Å². The molecule has 142 valence electrons. The van der Waals surface area contributed by atoms with Gasteiger partial charge >= 0.3 is 6.61 Å². The van der Waals surface area contributed by atoms with Crippen LogP contribution in [0.2, 0.25) is 0 Å². The molecule has 3 aromatic rings. The molecule has 2 aromatic carbocycles. The minimum Gasteiger partial charge on any atom is -0.493 e. The molecule has 3 rings (SSSR count). The lowest BCUT2D eigenvalue weighted by Gasteiger charge is -2.16. The van der Waals surface area contributed by atoms with Gasteiger partial charge in [0, 0.05) is 12.1 Å². The third-order valence-corrected chi connectivity index (χ3v) is 3.80. The summed E-state index contributed by atoms with van der Waals surface area (Å²) in [5.41, 5.74) is 1.76. The van der Waals surface area contributed by atoms with Crippen molar-refractivity contribution in [2.45, 2.75) is 19.7 Å². The van der Waals surface area contributed by atoms with Crippen molar-refractivity contribution in [1.82, 2.24) is 15.0 Å². The first-order valence-electron chi connectivity index (χ1n) is 8.23. The fourth-order valence-electron chi connectivity index (χ4n) is 2.63. The summed E-state index contributed by atoms with van der Waals surface area (Å²) >= 11 is 0. The fraction of sp³-hybridized carbons (Fsp3) is 0.263. The van der Waals surface area contributed by atoms with E-state index < -0.39 is 6.61 Å². The van der Waals surface area contributed by atoms with Gasteiger partial charge in [-0.1, -0.05) is 41.6 Å². The first-order chi connectivity index (χ1) is 13.0. The second kappa shape index (κ2) is 8.59. The van der Waals surface area contributed by atoms with Crippen LogP contribution in [0.1, 0.15) is 11.5 Å². The van der Waals surface area contributed by atoms with Crippen LogP contribution in [0.3, 0.4) is 0 Å². The molecule has 27 heavy (non-hydrogen) atoms. The van der Waals surface area contributed by atoms with Crippen molar-refractivity contribution in [3.05, 3.63) is 60.0 Å². The molecule has 6 nitrogen and oxygen atoms in total. The van der Waals surface area contributed by atoms with Gasteiger partial charge in [-0.25, -0.2) is 0 Å². The van der Waals surface area contributed by atoms with E-state index in [2.05, 4.69) is 14.9 Å². The molecule has 0 saturated heterocycles. The van der Waals surface area contributed by atoms with E-state index in [0.717, 1.165) is 11.1 Å². The van der Waals surface area contributed by atoms with E-state index in [0.29, 0.717) is 24.8 Å². The number of alkyl halides is 2. The quantitative estimate of drug-likeness (QED) is 0.594. The Labute approximate surface area is 155 Å². The Hall–Kier alpha value is -3.00. The lowest BCUT2D eigenvalue weighted by Crippen LogP contribution is -2.17. The summed E-state index contributed by atoms with van der Waals surface area (Å²) in [7, 11) is 3.30. The van der Waals surface area contributed by atoms with Crippen molar-refractivity contribution >= 4 is 0 Å². The topological polar surface area (TPSA) is 60.6 Å². The first kappa shape index (κ1) is 18.8. The maximum absolute atomic E-state index is 12.4. The average Bonchev–Trinajstić information content (AvgIpc) is 3.11. The molecule has 0 aliphatic carbocycles. The maximum Gasteiger partial charge on any atom is 0.387 e. The van der Waals surface area contributed by atoms with Gasteiger partial charge in [0.2, 0.25) is 11.7 Å². The van der Waals surface area contributed by atoms with E-state index in [-0.39, 0.29) is 11.5 Å². The normalized spacial score (nSPS) is 11.2. The van der Waals surface area contributed by atoms with Gasteiger partial charge in [0.05, 0.1) is 13.7 Å². The summed E-state index contributed by atoms with van der Waals surface area (Å²) in [6.45, 7) is -1.92. The lowest BCUT2D eigenvalue weighted by molar-refractivity contribution is -0.0512. The third-order valence-electron chi connectivity index (χ3n) is 3.80. The minimum atomic E-state index is -2.90. The number of hydrogen-bond acceptors (Lipinski definition) is 6. The molecule has 0 bridgehead atoms. The molecule has 0 spiro atoms. The van der Waals surface area contributed by atoms with Gasteiger partial charge in [0.15, 0.2) is 11.5 Å². The molecule has 0 N–H and O–H groups in total. The molecule has 0 aliphatic rings. The van der Waals surface area contributed by atoms with E-state index in [1.54, 1.807) is 12.1 Å². The molecular weight excluding hydrogens is 356 g/mol. The van der Waals surface area contributed by atoms with Crippen LogP contribution in [0, 0.1) is 0 Å². The Morgan fingerprint density at radius 1 is 1.07 bits per heavy atom. The van der Waals surface area contributed by atoms with E-state index in [1.165, 1.54) is 13.2 Å². The van der Waals surface area contributed by atoms with Crippen molar-refractivity contribution in [3.63, 3.8) is 0 Å². The fourth-order valence-corrected chi connectivity index (χ4v) is 2.63. The lowest BCUT2D eigenvalue weighted by atomic mass is 10.2. The Morgan fingerprint density at radius 3 is 2.56 bits per heavy atom. The minimum absolute atomic E-state index is 0.00306. The number of rotatable bonds is 8. The van der Waals surface area contributed by atoms with Crippen LogP contribution < -0.4 is 9.47 Å². The highest BCUT2D eigenvalue weighted by molar-refractivity contribution is 5.53. The zero-order valence-electron chi connectivity index (χ0n) is 14.9. The second-order valence-electron chi connectivity index (χ2n) is 5.91. The molecule has 0 atom stereocenters. The Morgan fingerprint density at radius 2 is 1.85 bits per heavy atom. The Balaban J connectivity index is 1.64. The molecule has 0 unspecified atom stereocenters. The van der Waals surface area contributed by atoms with Gasteiger partial charge in [-0.3, -0.25) is 4.90 Å². The summed E-state index contributed by atoms with van der Waals surface area (Å²) < 4.78 is 39.7. The van der Waals surface area contributed by atoms with E-state index in [1.807, 2.05) is 42.3 Å². The summed E-state index contributed by atoms with van der Waals surface area (Å²) in [6, 6.07) is 14.4. The standard InChI is InChI=1S/C19H19F2N3O3/c1-24(11-13-8-9-15(26-19(20)21)16(10-13)25-2)12-17-22-18(23-27-17)14-6-4-3-5-7-14/h3-10,19H,11-12H2,1-2H3. The molecule has 0 amide bonds. The highest BCUT2D eigenvalue weighted by atomic mass is 19.3. The smallest absolute Gasteiger partial charge is 0.387 e. The molecule has 0 radical (unpaired) electrons. The van der Waals surface area contributed by atoms with Gasteiger partial charge in [-0.15, -0.1) is 0 Å². The number of hydrogen-bond donors (Lipinski definition) is 0. The number of nitrogens with zero attached hydrogens (tertiary/aromatic N) is 3. The largest absolute Gasteiger partial charge is 0.493 e. The predicted octanol–water partition coefficient (Wildman–Crippen LogP) is 3.98. The molecule has 8 heteroatoms. The number of aromatic nitrogens is 2. The van der Waals surface area contributed by atoms with Gasteiger partial charge < -0.3 is 14.0 Å². The summed E-state index contributed by atoms with van der Waals surface area (Å²) in [4.78, 5) is 6.36. The molecule has 0 aliphatic heterocycles. The summed E-state index contributed by atoms with van der Waals surface area (Å²) in [6.07, 6.45) is 0. The highest BCUT2D eigenvalue weighted by Crippen LogP contribution is 2.30. The molecular formula is C19H19F2N3O3. The van der Waals surface area contributed by atoms with Gasteiger partial charge in [0.1, 0.15) is 0 Å². The predicted molar refractivity (Wildman–Crippen MR) is 94.5 cm³/mol. The van der Waals surface area contributed by atoms with Crippen LogP contribution in [0.4, 0.5) is 8.78 Å². The van der Waals surface area contributed by atoms with Gasteiger partial charge in [-0.05, 0) is 24.7 Å². The SMILES string of the molecule is COc1cc(CN(C)Cc2nc(-c3ccccc3)no2)ccc1OC(F)F. The summed E-state index contributed by atoms with van der Waals surface area (Å²) in [5, 5.41) is 3.99. The van der Waals surface area contributed by atoms with Crippen molar-refractivity contribution < 1.29 is 22.8 Å². The number of methoxy groups -OCH3 is 1. The first-order valence-corrected chi connectivity index (χ1v) is 8.23. The second-order valence-corrected chi connectivity index (χ2v) is 5.91. The number of ether oxygens (including phenoxy) is 2. The average molecular weight is 375 g/mol. The van der Waals surface area contributed by atoms with E-state index in [9.17, 15) is 8.78 Å². The highest BCUT2D eigenvalue weighted by Gasteiger charge is 2.14. The third kappa shape index (κ3) is 5.01. The Kier molecular flexibility index (Phi) is 5.97. The van der Waals surface area contributed by atoms with E-state index in [4.69, 9.17) is 9.26 Å². The number of halogens is 2. The van der Waals surface area contributed by atoms with Gasteiger partial charge in [-0.2, -0.15) is 13.8 Å². The molecule has 0 saturated carbocycles. The van der Waals surface area contributed by atoms with Crippen molar-refractivity contribution in [1.29, 1.82) is 0 Å². The number of benzene rings is 2. The van der Waals surface area contributed by atoms with Crippen LogP contribution in [-0.2, 0) is 13.1 Å². The maximum atomic E-state index is 12.4. The monoisotopic (exact) mass is 375 g/mol. The molecule has 1 aromatic heterocycles. The molecule has 1 heterocycles. The van der Waals surface area contributed by atoms with Crippen LogP contribution in [0.5, 0.6) is 11.5 Å². The Bertz CT molecular complexity index is 872. The van der Waals surface area contributed by atoms with Crippen molar-refractivity contribution in [2.24, 2.45) is 0 Å². The van der Waals surface area contributed by atoms with Crippen molar-refractivity contribution in [2.75, 3.05) is 14.2 Å². The van der Waals surface area contributed by atoms with E-state index >= 15 is 0 Å². The zero-order valence-corrected chi connectivity index (χ0v) is 14.9.